The van der Waals surface area contributed by atoms with Crippen molar-refractivity contribution in [2.75, 3.05) is 13.1 Å². The van der Waals surface area contributed by atoms with Crippen LogP contribution < -0.4 is 5.73 Å². The van der Waals surface area contributed by atoms with Crippen LogP contribution in [0.2, 0.25) is 0 Å². The minimum absolute atomic E-state index is 0.258. The highest BCUT2D eigenvalue weighted by Gasteiger charge is 2.46. The standard InChI is InChI=1S/C10H18F3N3O/c1-9(2)4-3-5-16(9)6-7(8(14)15-17)10(11,12)13/h7,17H,3-6H2,1-2H3,(H2,14,15). The maximum atomic E-state index is 12.8. The summed E-state index contributed by atoms with van der Waals surface area (Å²) in [6.45, 7) is 4.16. The van der Waals surface area contributed by atoms with Crippen molar-refractivity contribution in [3.8, 4) is 0 Å². The third-order valence-corrected chi connectivity index (χ3v) is 3.34. The summed E-state index contributed by atoms with van der Waals surface area (Å²) in [7, 11) is 0. The molecular formula is C10H18F3N3O. The number of likely N-dealkylation sites (tertiary alicyclic amines) is 1. The summed E-state index contributed by atoms with van der Waals surface area (Å²) in [6.07, 6.45) is -2.77. The van der Waals surface area contributed by atoms with E-state index in [2.05, 4.69) is 5.16 Å². The van der Waals surface area contributed by atoms with Crippen LogP contribution >= 0.6 is 0 Å². The van der Waals surface area contributed by atoms with Gasteiger partial charge in [-0.15, -0.1) is 0 Å². The molecule has 3 N–H and O–H groups in total. The highest BCUT2D eigenvalue weighted by Crippen LogP contribution is 2.33. The second kappa shape index (κ2) is 4.72. The highest BCUT2D eigenvalue weighted by atomic mass is 19.4. The fourth-order valence-corrected chi connectivity index (χ4v) is 2.16. The predicted molar refractivity (Wildman–Crippen MR) is 57.8 cm³/mol. The SMILES string of the molecule is CC1(C)CCCN1CC(C(N)=NO)C(F)(F)F. The fourth-order valence-electron chi connectivity index (χ4n) is 2.16. The summed E-state index contributed by atoms with van der Waals surface area (Å²) in [5, 5.41) is 10.9. The van der Waals surface area contributed by atoms with Gasteiger partial charge in [-0.1, -0.05) is 5.16 Å². The van der Waals surface area contributed by atoms with E-state index in [0.717, 1.165) is 12.8 Å². The van der Waals surface area contributed by atoms with Gasteiger partial charge in [-0.2, -0.15) is 13.2 Å². The number of amidine groups is 1. The zero-order chi connectivity index (χ0) is 13.3. The van der Waals surface area contributed by atoms with Crippen molar-refractivity contribution in [1.29, 1.82) is 0 Å². The molecule has 0 spiro atoms. The minimum atomic E-state index is -4.49. The average Bonchev–Trinajstić information content (AvgIpc) is 2.51. The van der Waals surface area contributed by atoms with E-state index >= 15 is 0 Å². The van der Waals surface area contributed by atoms with Crippen LogP contribution in [0.3, 0.4) is 0 Å². The highest BCUT2D eigenvalue weighted by molar-refractivity contribution is 5.83. The van der Waals surface area contributed by atoms with Crippen LogP contribution in [-0.4, -0.2) is 40.7 Å². The van der Waals surface area contributed by atoms with Gasteiger partial charge in [0.1, 0.15) is 5.92 Å². The maximum absolute atomic E-state index is 12.8. The van der Waals surface area contributed by atoms with E-state index in [1.165, 1.54) is 0 Å². The summed E-state index contributed by atoms with van der Waals surface area (Å²) >= 11 is 0. The Bertz CT molecular complexity index is 302. The van der Waals surface area contributed by atoms with Gasteiger partial charge < -0.3 is 10.9 Å². The predicted octanol–water partition coefficient (Wildman–Crippen LogP) is 1.79. The van der Waals surface area contributed by atoms with Crippen molar-refractivity contribution >= 4 is 5.84 Å². The molecule has 1 atom stereocenters. The quantitative estimate of drug-likeness (QED) is 0.349. The molecule has 4 nitrogen and oxygen atoms in total. The van der Waals surface area contributed by atoms with Crippen LogP contribution in [0.5, 0.6) is 0 Å². The van der Waals surface area contributed by atoms with E-state index in [1.807, 2.05) is 13.8 Å². The Labute approximate surface area is 98.3 Å². The lowest BCUT2D eigenvalue weighted by atomic mass is 10.00. The number of rotatable bonds is 3. The minimum Gasteiger partial charge on any atom is -0.409 e. The molecule has 0 aliphatic carbocycles. The lowest BCUT2D eigenvalue weighted by molar-refractivity contribution is -0.162. The van der Waals surface area contributed by atoms with Crippen LogP contribution in [0.1, 0.15) is 26.7 Å². The number of halogens is 3. The molecule has 17 heavy (non-hydrogen) atoms. The first-order valence-electron chi connectivity index (χ1n) is 5.47. The topological polar surface area (TPSA) is 61.8 Å². The molecule has 1 aliphatic heterocycles. The van der Waals surface area contributed by atoms with E-state index in [4.69, 9.17) is 10.9 Å². The Morgan fingerprint density at radius 1 is 1.53 bits per heavy atom. The number of hydrogen-bond donors (Lipinski definition) is 2. The van der Waals surface area contributed by atoms with Crippen molar-refractivity contribution < 1.29 is 18.4 Å². The first-order valence-corrected chi connectivity index (χ1v) is 5.47. The van der Waals surface area contributed by atoms with Crippen molar-refractivity contribution in [3.63, 3.8) is 0 Å². The van der Waals surface area contributed by atoms with Crippen LogP contribution in [0.4, 0.5) is 13.2 Å². The molecule has 7 heteroatoms. The molecule has 1 heterocycles. The second-order valence-electron chi connectivity index (χ2n) is 4.98. The smallest absolute Gasteiger partial charge is 0.400 e. The fraction of sp³-hybridized carbons (Fsp3) is 0.900. The van der Waals surface area contributed by atoms with Crippen LogP contribution in [0.25, 0.3) is 0 Å². The Hall–Kier alpha value is -0.980. The summed E-state index contributed by atoms with van der Waals surface area (Å²) in [5.41, 5.74) is 4.86. The number of alkyl halides is 3. The monoisotopic (exact) mass is 253 g/mol. The number of hydrogen-bond acceptors (Lipinski definition) is 3. The summed E-state index contributed by atoms with van der Waals surface area (Å²) < 4.78 is 38.3. The molecule has 0 saturated carbocycles. The number of nitrogens with two attached hydrogens (primary N) is 1. The molecule has 0 aromatic heterocycles. The third kappa shape index (κ3) is 3.24. The Kier molecular flexibility index (Phi) is 3.91. The molecule has 1 fully saturated rings. The average molecular weight is 253 g/mol. The van der Waals surface area contributed by atoms with Crippen molar-refractivity contribution in [3.05, 3.63) is 0 Å². The summed E-state index contributed by atoms with van der Waals surface area (Å²) in [6, 6.07) is 0. The molecule has 0 aromatic carbocycles. The Morgan fingerprint density at radius 3 is 2.47 bits per heavy atom. The van der Waals surface area contributed by atoms with Gasteiger partial charge in [0.15, 0.2) is 5.84 Å². The van der Waals surface area contributed by atoms with E-state index < -0.39 is 17.9 Å². The molecule has 0 amide bonds. The molecule has 100 valence electrons. The van der Waals surface area contributed by atoms with E-state index in [0.29, 0.717) is 6.54 Å². The van der Waals surface area contributed by atoms with E-state index in [1.54, 1.807) is 4.90 Å². The summed E-state index contributed by atoms with van der Waals surface area (Å²) in [5.74, 6) is -2.69. The van der Waals surface area contributed by atoms with Gasteiger partial charge in [0, 0.05) is 12.1 Å². The van der Waals surface area contributed by atoms with Crippen LogP contribution in [0.15, 0.2) is 5.16 Å². The molecule has 0 aromatic rings. The molecule has 1 saturated heterocycles. The maximum Gasteiger partial charge on any atom is 0.400 e. The Balaban J connectivity index is 2.81. The van der Waals surface area contributed by atoms with Crippen LogP contribution in [-0.2, 0) is 0 Å². The van der Waals surface area contributed by atoms with E-state index in [-0.39, 0.29) is 12.1 Å². The normalized spacial score (nSPS) is 23.9. The van der Waals surface area contributed by atoms with Gasteiger partial charge in [0.25, 0.3) is 0 Å². The summed E-state index contributed by atoms with van der Waals surface area (Å²) in [4.78, 5) is 1.74. The lowest BCUT2D eigenvalue weighted by Gasteiger charge is -2.34. The van der Waals surface area contributed by atoms with Gasteiger partial charge in [-0.25, -0.2) is 0 Å². The molecule has 0 bridgehead atoms. The zero-order valence-corrected chi connectivity index (χ0v) is 9.96. The van der Waals surface area contributed by atoms with Gasteiger partial charge in [0.2, 0.25) is 0 Å². The van der Waals surface area contributed by atoms with Crippen LogP contribution in [0, 0.1) is 5.92 Å². The van der Waals surface area contributed by atoms with Gasteiger partial charge in [-0.3, -0.25) is 4.90 Å². The van der Waals surface area contributed by atoms with Gasteiger partial charge in [0.05, 0.1) is 0 Å². The molecule has 0 radical (unpaired) electrons. The van der Waals surface area contributed by atoms with Gasteiger partial charge >= 0.3 is 6.18 Å². The second-order valence-corrected chi connectivity index (χ2v) is 4.98. The number of oxime groups is 1. The van der Waals surface area contributed by atoms with Gasteiger partial charge in [-0.05, 0) is 33.2 Å². The largest absolute Gasteiger partial charge is 0.409 e. The first kappa shape index (κ1) is 14.1. The zero-order valence-electron chi connectivity index (χ0n) is 9.96. The Morgan fingerprint density at radius 2 is 2.12 bits per heavy atom. The third-order valence-electron chi connectivity index (χ3n) is 3.34. The van der Waals surface area contributed by atoms with Crippen molar-refractivity contribution in [2.45, 2.75) is 38.4 Å². The van der Waals surface area contributed by atoms with Crippen molar-refractivity contribution in [2.24, 2.45) is 16.8 Å². The molecule has 1 unspecified atom stereocenters. The molecule has 1 aliphatic rings. The van der Waals surface area contributed by atoms with E-state index in [9.17, 15) is 13.2 Å². The lowest BCUT2D eigenvalue weighted by Crippen LogP contribution is -2.48. The number of nitrogens with zero attached hydrogens (tertiary/aromatic N) is 2. The molecular weight excluding hydrogens is 235 g/mol. The first-order chi connectivity index (χ1) is 7.68. The molecule has 1 rings (SSSR count). The van der Waals surface area contributed by atoms with Crippen molar-refractivity contribution in [1.82, 2.24) is 4.90 Å².